The van der Waals surface area contributed by atoms with Gasteiger partial charge in [-0.1, -0.05) is 6.07 Å². The molecule has 2 rings (SSSR count). The fourth-order valence-corrected chi connectivity index (χ4v) is 4.00. The number of benzene rings is 1. The van der Waals surface area contributed by atoms with E-state index < -0.39 is 40.0 Å². The summed E-state index contributed by atoms with van der Waals surface area (Å²) < 4.78 is 45.0. The molecule has 2 aromatic rings. The summed E-state index contributed by atoms with van der Waals surface area (Å²) in [5.41, 5.74) is -0.676. The first-order chi connectivity index (χ1) is 13.0. The molecule has 0 saturated carbocycles. The molecule has 1 aromatic heterocycles. The Bertz CT molecular complexity index is 954. The van der Waals surface area contributed by atoms with Gasteiger partial charge < -0.3 is 10.1 Å². The Hall–Kier alpha value is -2.50. The van der Waals surface area contributed by atoms with Crippen LogP contribution in [0, 0.1) is 5.82 Å². The lowest BCUT2D eigenvalue weighted by atomic mass is 10.2. The number of sulfonamides is 1. The molecule has 152 valence electrons. The molecule has 0 atom stereocenters. The highest BCUT2D eigenvalue weighted by Crippen LogP contribution is 2.24. The molecule has 0 aliphatic rings. The fourth-order valence-electron chi connectivity index (χ4n) is 1.98. The summed E-state index contributed by atoms with van der Waals surface area (Å²) in [5, 5.41) is 6.37. The SMILES string of the molecule is CC(C)(C)OC(=O)Nc1ccc(F)cc1NC(=O)CNS(=O)(=O)c1cccs1. The maximum atomic E-state index is 13.6. The molecule has 28 heavy (non-hydrogen) atoms. The smallest absolute Gasteiger partial charge is 0.412 e. The summed E-state index contributed by atoms with van der Waals surface area (Å²) in [6, 6.07) is 6.33. The number of halogens is 1. The van der Waals surface area contributed by atoms with Gasteiger partial charge in [0.25, 0.3) is 10.0 Å². The lowest BCUT2D eigenvalue weighted by Crippen LogP contribution is -2.33. The van der Waals surface area contributed by atoms with E-state index in [-0.39, 0.29) is 15.6 Å². The highest BCUT2D eigenvalue weighted by molar-refractivity contribution is 7.91. The van der Waals surface area contributed by atoms with Gasteiger partial charge in [0.2, 0.25) is 5.91 Å². The van der Waals surface area contributed by atoms with E-state index in [0.717, 1.165) is 23.5 Å². The predicted molar refractivity (Wildman–Crippen MR) is 104 cm³/mol. The molecule has 0 bridgehead atoms. The molecule has 0 spiro atoms. The quantitative estimate of drug-likeness (QED) is 0.653. The second kappa shape index (κ2) is 8.67. The molecule has 8 nitrogen and oxygen atoms in total. The highest BCUT2D eigenvalue weighted by Gasteiger charge is 2.19. The van der Waals surface area contributed by atoms with Crippen LogP contribution in [0.3, 0.4) is 0 Å². The molecule has 1 aromatic carbocycles. The van der Waals surface area contributed by atoms with Crippen LogP contribution in [0.5, 0.6) is 0 Å². The first-order valence-electron chi connectivity index (χ1n) is 8.09. The van der Waals surface area contributed by atoms with Crippen molar-refractivity contribution in [1.82, 2.24) is 4.72 Å². The summed E-state index contributed by atoms with van der Waals surface area (Å²) >= 11 is 1.01. The molecule has 0 fully saturated rings. The van der Waals surface area contributed by atoms with E-state index >= 15 is 0 Å². The van der Waals surface area contributed by atoms with Gasteiger partial charge in [-0.05, 0) is 50.4 Å². The zero-order valence-corrected chi connectivity index (χ0v) is 17.0. The minimum atomic E-state index is -3.82. The van der Waals surface area contributed by atoms with Gasteiger partial charge in [0.1, 0.15) is 15.6 Å². The lowest BCUT2D eigenvalue weighted by molar-refractivity contribution is -0.115. The first-order valence-corrected chi connectivity index (χ1v) is 10.5. The molecular formula is C17H20FN3O5S2. The minimum Gasteiger partial charge on any atom is -0.444 e. The zero-order valence-electron chi connectivity index (χ0n) is 15.4. The van der Waals surface area contributed by atoms with Crippen LogP contribution in [0.15, 0.2) is 39.9 Å². The van der Waals surface area contributed by atoms with Gasteiger partial charge in [0.05, 0.1) is 17.9 Å². The summed E-state index contributed by atoms with van der Waals surface area (Å²) in [6.07, 6.45) is -0.784. The Kier molecular flexibility index (Phi) is 6.75. The number of ether oxygens (including phenoxy) is 1. The van der Waals surface area contributed by atoms with Crippen LogP contribution in [0.1, 0.15) is 20.8 Å². The number of amides is 2. The first kappa shape index (κ1) is 21.8. The number of carbonyl (C=O) groups is 2. The fraction of sp³-hybridized carbons (Fsp3) is 0.294. The van der Waals surface area contributed by atoms with Crippen molar-refractivity contribution >= 4 is 44.7 Å². The number of hydrogen-bond donors (Lipinski definition) is 3. The molecule has 0 aliphatic carbocycles. The third-order valence-corrected chi connectivity index (χ3v) is 5.87. The van der Waals surface area contributed by atoms with E-state index in [1.54, 1.807) is 32.2 Å². The maximum Gasteiger partial charge on any atom is 0.412 e. The van der Waals surface area contributed by atoms with E-state index in [4.69, 9.17) is 4.74 Å². The topological polar surface area (TPSA) is 114 Å². The predicted octanol–water partition coefficient (Wildman–Crippen LogP) is 3.15. The van der Waals surface area contributed by atoms with Crippen molar-refractivity contribution < 1.29 is 27.1 Å². The van der Waals surface area contributed by atoms with E-state index in [1.165, 1.54) is 12.1 Å². The average molecular weight is 429 g/mol. The Morgan fingerprint density at radius 1 is 1.14 bits per heavy atom. The second-order valence-electron chi connectivity index (χ2n) is 6.62. The van der Waals surface area contributed by atoms with Crippen molar-refractivity contribution in [2.45, 2.75) is 30.6 Å². The van der Waals surface area contributed by atoms with Crippen LogP contribution in [0.25, 0.3) is 0 Å². The third-order valence-electron chi connectivity index (χ3n) is 3.07. The summed E-state index contributed by atoms with van der Waals surface area (Å²) in [4.78, 5) is 24.0. The normalized spacial score (nSPS) is 11.7. The maximum absolute atomic E-state index is 13.6. The van der Waals surface area contributed by atoms with Gasteiger partial charge in [-0.3, -0.25) is 10.1 Å². The Morgan fingerprint density at radius 3 is 2.46 bits per heavy atom. The van der Waals surface area contributed by atoms with Crippen molar-refractivity contribution in [3.05, 3.63) is 41.5 Å². The van der Waals surface area contributed by atoms with Gasteiger partial charge in [-0.15, -0.1) is 11.3 Å². The largest absolute Gasteiger partial charge is 0.444 e. The molecule has 11 heteroatoms. The Labute approximate surface area is 166 Å². The van der Waals surface area contributed by atoms with Crippen molar-refractivity contribution in [2.75, 3.05) is 17.2 Å². The van der Waals surface area contributed by atoms with Crippen molar-refractivity contribution in [3.63, 3.8) is 0 Å². The highest BCUT2D eigenvalue weighted by atomic mass is 32.2. The van der Waals surface area contributed by atoms with Crippen LogP contribution in [-0.2, 0) is 19.6 Å². The number of carbonyl (C=O) groups excluding carboxylic acids is 2. The van der Waals surface area contributed by atoms with Gasteiger partial charge in [-0.25, -0.2) is 22.3 Å². The summed E-state index contributed by atoms with van der Waals surface area (Å²) in [5.74, 6) is -1.39. The summed E-state index contributed by atoms with van der Waals surface area (Å²) in [6.45, 7) is 4.47. The molecular weight excluding hydrogens is 409 g/mol. The number of nitrogens with one attached hydrogen (secondary N) is 3. The van der Waals surface area contributed by atoms with Crippen LogP contribution >= 0.6 is 11.3 Å². The number of rotatable bonds is 6. The molecule has 0 saturated heterocycles. The van der Waals surface area contributed by atoms with Crippen molar-refractivity contribution in [2.24, 2.45) is 0 Å². The Morgan fingerprint density at radius 2 is 1.86 bits per heavy atom. The lowest BCUT2D eigenvalue weighted by Gasteiger charge is -2.20. The Balaban J connectivity index is 2.05. The molecule has 3 N–H and O–H groups in total. The van der Waals surface area contributed by atoms with Crippen LogP contribution < -0.4 is 15.4 Å². The molecule has 1 heterocycles. The number of hydrogen-bond acceptors (Lipinski definition) is 6. The van der Waals surface area contributed by atoms with Gasteiger partial charge in [0, 0.05) is 0 Å². The summed E-state index contributed by atoms with van der Waals surface area (Å²) in [7, 11) is -3.82. The number of anilines is 2. The van der Waals surface area contributed by atoms with Gasteiger partial charge in [0.15, 0.2) is 0 Å². The number of thiophene rings is 1. The third kappa shape index (κ3) is 6.59. The van der Waals surface area contributed by atoms with E-state index in [2.05, 4.69) is 15.4 Å². The monoisotopic (exact) mass is 429 g/mol. The van der Waals surface area contributed by atoms with Gasteiger partial charge in [-0.2, -0.15) is 0 Å². The second-order valence-corrected chi connectivity index (χ2v) is 9.56. The average Bonchev–Trinajstić information content (AvgIpc) is 3.09. The van der Waals surface area contributed by atoms with Crippen LogP contribution in [0.2, 0.25) is 0 Å². The van der Waals surface area contributed by atoms with E-state index in [9.17, 15) is 22.4 Å². The zero-order chi connectivity index (χ0) is 20.9. The molecule has 2 amide bonds. The van der Waals surface area contributed by atoms with Crippen LogP contribution in [-0.4, -0.2) is 32.6 Å². The standard InChI is InChI=1S/C17H20FN3O5S2/c1-17(2,3)26-16(23)21-12-7-6-11(18)9-13(12)20-14(22)10-19-28(24,25)15-5-4-8-27-15/h4-9,19H,10H2,1-3H3,(H,20,22)(H,21,23). The van der Waals surface area contributed by atoms with Crippen molar-refractivity contribution in [1.29, 1.82) is 0 Å². The molecule has 0 radical (unpaired) electrons. The molecule has 0 aliphatic heterocycles. The van der Waals surface area contributed by atoms with E-state index in [1.807, 2.05) is 0 Å². The van der Waals surface area contributed by atoms with Crippen molar-refractivity contribution in [3.8, 4) is 0 Å². The minimum absolute atomic E-state index is 0.0359. The van der Waals surface area contributed by atoms with Gasteiger partial charge >= 0.3 is 6.09 Å². The van der Waals surface area contributed by atoms with Crippen LogP contribution in [0.4, 0.5) is 20.6 Å². The molecule has 0 unspecified atom stereocenters. The van der Waals surface area contributed by atoms with E-state index in [0.29, 0.717) is 0 Å².